The molecule has 0 saturated heterocycles. The summed E-state index contributed by atoms with van der Waals surface area (Å²) in [6.07, 6.45) is 3.73. The molecule has 0 amide bonds. The maximum absolute atomic E-state index is 12.5. The van der Waals surface area contributed by atoms with Crippen LogP contribution in [-0.4, -0.2) is 25.4 Å². The summed E-state index contributed by atoms with van der Waals surface area (Å²) in [5, 5.41) is 5.04. The molecule has 0 aliphatic heterocycles. The molecule has 0 radical (unpaired) electrons. The molecule has 1 aliphatic carbocycles. The highest BCUT2D eigenvalue weighted by Crippen LogP contribution is 2.32. The Morgan fingerprint density at radius 2 is 2.00 bits per heavy atom. The summed E-state index contributed by atoms with van der Waals surface area (Å²) in [6, 6.07) is 7.69. The van der Waals surface area contributed by atoms with Crippen molar-refractivity contribution >= 4 is 23.2 Å². The zero-order chi connectivity index (χ0) is 16.0. The Balaban J connectivity index is 1.75. The second-order valence-electron chi connectivity index (χ2n) is 5.81. The van der Waals surface area contributed by atoms with E-state index in [9.17, 15) is 4.79 Å². The first-order valence-corrected chi connectivity index (χ1v) is 8.05. The van der Waals surface area contributed by atoms with Crippen LogP contribution in [0.1, 0.15) is 46.7 Å². The van der Waals surface area contributed by atoms with Gasteiger partial charge in [0.05, 0.1) is 11.3 Å². The summed E-state index contributed by atoms with van der Waals surface area (Å²) in [5.41, 5.74) is 2.59. The zero-order valence-corrected chi connectivity index (χ0v) is 13.4. The monoisotopic (exact) mass is 326 g/mol. The summed E-state index contributed by atoms with van der Waals surface area (Å²) in [6.45, 7) is 2.00. The maximum Gasteiger partial charge on any atom is 0.252 e. The largest absolute Gasteiger partial charge is 0.294 e. The van der Waals surface area contributed by atoms with Gasteiger partial charge in [-0.15, -0.1) is 5.10 Å². The number of carbonyl (C=O) groups is 1. The second-order valence-corrected chi connectivity index (χ2v) is 6.24. The predicted octanol–water partition coefficient (Wildman–Crippen LogP) is 3.25. The highest BCUT2D eigenvalue weighted by atomic mass is 35.5. The van der Waals surface area contributed by atoms with Crippen molar-refractivity contribution in [3.63, 3.8) is 0 Å². The Morgan fingerprint density at radius 3 is 2.74 bits per heavy atom. The van der Waals surface area contributed by atoms with Crippen LogP contribution in [0.2, 0.25) is 5.02 Å². The summed E-state index contributed by atoms with van der Waals surface area (Å²) in [7, 11) is 0. The number of nitrogens with zero attached hydrogens (tertiary/aromatic N) is 4. The van der Waals surface area contributed by atoms with Gasteiger partial charge in [-0.1, -0.05) is 30.7 Å². The molecular formula is C17H15ClN4O. The minimum atomic E-state index is 0.106. The van der Waals surface area contributed by atoms with Gasteiger partial charge in [-0.25, -0.2) is 9.50 Å². The Hall–Kier alpha value is -2.27. The van der Waals surface area contributed by atoms with Gasteiger partial charge >= 0.3 is 0 Å². The third-order valence-corrected chi connectivity index (χ3v) is 4.54. The number of benzene rings is 1. The quantitative estimate of drug-likeness (QED) is 0.725. The van der Waals surface area contributed by atoms with Crippen molar-refractivity contribution in [2.45, 2.75) is 32.1 Å². The van der Waals surface area contributed by atoms with Crippen molar-refractivity contribution in [2.24, 2.45) is 0 Å². The van der Waals surface area contributed by atoms with E-state index in [1.165, 1.54) is 0 Å². The van der Waals surface area contributed by atoms with Gasteiger partial charge in [0.15, 0.2) is 11.6 Å². The van der Waals surface area contributed by atoms with Crippen molar-refractivity contribution in [3.05, 3.63) is 58.1 Å². The fourth-order valence-corrected chi connectivity index (χ4v) is 3.17. The molecule has 0 bridgehead atoms. The van der Waals surface area contributed by atoms with E-state index in [1.54, 1.807) is 10.7 Å². The highest BCUT2D eigenvalue weighted by Gasteiger charge is 2.28. The van der Waals surface area contributed by atoms with E-state index >= 15 is 0 Å². The molecule has 0 saturated carbocycles. The number of hydrogen-bond acceptors (Lipinski definition) is 4. The van der Waals surface area contributed by atoms with Crippen LogP contribution >= 0.6 is 11.6 Å². The minimum absolute atomic E-state index is 0.106. The molecule has 0 spiro atoms. The van der Waals surface area contributed by atoms with E-state index in [0.29, 0.717) is 22.8 Å². The van der Waals surface area contributed by atoms with Crippen LogP contribution < -0.4 is 0 Å². The Bertz CT molecular complexity index is 901. The van der Waals surface area contributed by atoms with Gasteiger partial charge < -0.3 is 0 Å². The molecule has 1 aromatic carbocycles. The van der Waals surface area contributed by atoms with E-state index in [-0.39, 0.29) is 11.7 Å². The first-order chi connectivity index (χ1) is 11.1. The van der Waals surface area contributed by atoms with Gasteiger partial charge in [-0.3, -0.25) is 4.79 Å². The van der Waals surface area contributed by atoms with Crippen molar-refractivity contribution in [3.8, 4) is 0 Å². The number of Topliss-reactive ketones (excluding diaryl/α,β-unsaturated/α-hetero) is 1. The molecule has 0 N–H and O–H groups in total. The van der Waals surface area contributed by atoms with Crippen LogP contribution in [0.5, 0.6) is 0 Å². The molecule has 2 aromatic heterocycles. The first kappa shape index (κ1) is 14.3. The van der Waals surface area contributed by atoms with Crippen LogP contribution in [0, 0.1) is 0 Å². The number of ketones is 1. The Labute approximate surface area is 138 Å². The van der Waals surface area contributed by atoms with Gasteiger partial charge in [-0.2, -0.15) is 4.98 Å². The molecule has 6 heteroatoms. The van der Waals surface area contributed by atoms with Crippen molar-refractivity contribution in [1.29, 1.82) is 0 Å². The number of rotatable bonds is 2. The molecule has 116 valence electrons. The van der Waals surface area contributed by atoms with Crippen LogP contribution in [-0.2, 0) is 12.8 Å². The maximum atomic E-state index is 12.5. The number of hydrogen-bond donors (Lipinski definition) is 0. The van der Waals surface area contributed by atoms with Crippen molar-refractivity contribution < 1.29 is 4.79 Å². The Morgan fingerprint density at radius 1 is 1.22 bits per heavy atom. The lowest BCUT2D eigenvalue weighted by molar-refractivity contribution is 0.0962. The van der Waals surface area contributed by atoms with E-state index in [4.69, 9.17) is 11.6 Å². The molecule has 1 atom stereocenters. The number of aromatic nitrogens is 4. The third kappa shape index (κ3) is 2.51. The Kier molecular flexibility index (Phi) is 3.38. The summed E-state index contributed by atoms with van der Waals surface area (Å²) >= 11 is 5.94. The zero-order valence-electron chi connectivity index (χ0n) is 12.7. The summed E-state index contributed by atoms with van der Waals surface area (Å²) in [4.78, 5) is 21.5. The normalized spacial score (nSPS) is 17.5. The number of aryl methyl sites for hydroxylation is 1. The molecule has 1 aliphatic rings. The van der Waals surface area contributed by atoms with Crippen LogP contribution in [0.3, 0.4) is 0 Å². The third-order valence-electron chi connectivity index (χ3n) is 4.28. The number of carbonyl (C=O) groups excluding carboxylic acids is 1. The van der Waals surface area contributed by atoms with Gasteiger partial charge in [0.1, 0.15) is 0 Å². The van der Waals surface area contributed by atoms with Crippen LogP contribution in [0.4, 0.5) is 0 Å². The van der Waals surface area contributed by atoms with Crippen LogP contribution in [0.15, 0.2) is 30.5 Å². The van der Waals surface area contributed by atoms with Gasteiger partial charge in [-0.05, 0) is 30.0 Å². The highest BCUT2D eigenvalue weighted by molar-refractivity contribution is 6.30. The van der Waals surface area contributed by atoms with Crippen molar-refractivity contribution in [1.82, 2.24) is 19.6 Å². The fourth-order valence-electron chi connectivity index (χ4n) is 3.05. The minimum Gasteiger partial charge on any atom is -0.294 e. The summed E-state index contributed by atoms with van der Waals surface area (Å²) in [5.74, 6) is 1.54. The van der Waals surface area contributed by atoms with E-state index < -0.39 is 0 Å². The van der Waals surface area contributed by atoms with Gasteiger partial charge in [0.2, 0.25) is 0 Å². The number of fused-ring (bicyclic) bond motifs is 2. The SMILES string of the molecule is CCc1nc2nc3c(cn2n1)C(=O)C[C@@H](c1ccc(Cl)cc1)C3. The average molecular weight is 327 g/mol. The molecule has 5 nitrogen and oxygen atoms in total. The van der Waals surface area contributed by atoms with Gasteiger partial charge in [0.25, 0.3) is 5.78 Å². The van der Waals surface area contributed by atoms with Crippen LogP contribution in [0.25, 0.3) is 5.78 Å². The van der Waals surface area contributed by atoms with E-state index in [0.717, 1.165) is 29.9 Å². The predicted molar refractivity (Wildman–Crippen MR) is 87.0 cm³/mol. The second kappa shape index (κ2) is 5.42. The smallest absolute Gasteiger partial charge is 0.252 e. The van der Waals surface area contributed by atoms with Gasteiger partial charge in [0, 0.05) is 24.1 Å². The average Bonchev–Trinajstić information content (AvgIpc) is 2.96. The molecule has 2 heterocycles. The lowest BCUT2D eigenvalue weighted by Gasteiger charge is -2.23. The molecule has 0 unspecified atom stereocenters. The van der Waals surface area contributed by atoms with Crippen molar-refractivity contribution in [2.75, 3.05) is 0 Å². The lowest BCUT2D eigenvalue weighted by atomic mass is 9.82. The fraction of sp³-hybridized carbons (Fsp3) is 0.294. The molecular weight excluding hydrogens is 312 g/mol. The molecule has 3 aromatic rings. The standard InChI is InChI=1S/C17H15ClN4O/c1-2-16-20-17-19-14-7-11(10-3-5-12(18)6-4-10)8-15(23)13(14)9-22(17)21-16/h3-6,9,11H,2,7-8H2,1H3/t11-/m0/s1. The number of halogens is 1. The molecule has 4 rings (SSSR count). The lowest BCUT2D eigenvalue weighted by Crippen LogP contribution is -2.21. The van der Waals surface area contributed by atoms with E-state index in [2.05, 4.69) is 15.1 Å². The summed E-state index contributed by atoms with van der Waals surface area (Å²) < 4.78 is 1.61. The van der Waals surface area contributed by atoms with E-state index in [1.807, 2.05) is 31.2 Å². The topological polar surface area (TPSA) is 60.1 Å². The molecule has 23 heavy (non-hydrogen) atoms. The first-order valence-electron chi connectivity index (χ1n) is 7.68. The molecule has 0 fully saturated rings.